The van der Waals surface area contributed by atoms with Gasteiger partial charge in [-0.3, -0.25) is 0 Å². The molecule has 0 saturated heterocycles. The number of aryl methyl sites for hydroxylation is 1. The van der Waals surface area contributed by atoms with Crippen LogP contribution in [-0.4, -0.2) is 26.7 Å². The SMILES string of the molecule is CNC(CCN(C)c1ccc(C)cc1)C(C)(C)C. The number of nitrogens with one attached hydrogen (secondary N) is 1. The molecule has 1 N–H and O–H groups in total. The van der Waals surface area contributed by atoms with Gasteiger partial charge in [-0.05, 0) is 37.9 Å². The zero-order valence-corrected chi connectivity index (χ0v) is 12.7. The van der Waals surface area contributed by atoms with Crippen molar-refractivity contribution in [2.45, 2.75) is 40.2 Å². The maximum atomic E-state index is 3.43. The Kier molecular flexibility index (Phi) is 5.21. The first-order valence-electron chi connectivity index (χ1n) is 6.79. The molecule has 18 heavy (non-hydrogen) atoms. The number of hydrogen-bond acceptors (Lipinski definition) is 2. The lowest BCUT2D eigenvalue weighted by Crippen LogP contribution is -2.40. The van der Waals surface area contributed by atoms with E-state index in [0.29, 0.717) is 11.5 Å². The maximum absolute atomic E-state index is 3.43. The van der Waals surface area contributed by atoms with E-state index in [9.17, 15) is 0 Å². The van der Waals surface area contributed by atoms with Crippen LogP contribution in [0.3, 0.4) is 0 Å². The molecule has 0 aliphatic carbocycles. The molecule has 2 nitrogen and oxygen atoms in total. The van der Waals surface area contributed by atoms with Crippen LogP contribution < -0.4 is 10.2 Å². The van der Waals surface area contributed by atoms with Gasteiger partial charge in [0, 0.05) is 25.3 Å². The van der Waals surface area contributed by atoms with Gasteiger partial charge >= 0.3 is 0 Å². The van der Waals surface area contributed by atoms with Crippen molar-refractivity contribution in [1.82, 2.24) is 5.32 Å². The summed E-state index contributed by atoms with van der Waals surface area (Å²) in [4.78, 5) is 2.33. The number of rotatable bonds is 5. The molecule has 0 heterocycles. The van der Waals surface area contributed by atoms with E-state index in [-0.39, 0.29) is 0 Å². The summed E-state index contributed by atoms with van der Waals surface area (Å²) >= 11 is 0. The molecule has 1 unspecified atom stereocenters. The van der Waals surface area contributed by atoms with Crippen molar-refractivity contribution in [2.75, 3.05) is 25.5 Å². The molecule has 2 heteroatoms. The minimum Gasteiger partial charge on any atom is -0.375 e. The minimum atomic E-state index is 0.308. The van der Waals surface area contributed by atoms with Crippen molar-refractivity contribution >= 4 is 5.69 Å². The second-order valence-electron chi connectivity index (χ2n) is 6.25. The van der Waals surface area contributed by atoms with Gasteiger partial charge in [-0.15, -0.1) is 0 Å². The zero-order chi connectivity index (χ0) is 13.8. The number of hydrogen-bond donors (Lipinski definition) is 1. The molecule has 0 fully saturated rings. The van der Waals surface area contributed by atoms with E-state index in [2.05, 4.69) is 76.3 Å². The number of nitrogens with zero attached hydrogens (tertiary/aromatic N) is 1. The van der Waals surface area contributed by atoms with Crippen LogP contribution in [0, 0.1) is 12.3 Å². The van der Waals surface area contributed by atoms with Gasteiger partial charge in [0.25, 0.3) is 0 Å². The molecule has 0 aliphatic rings. The van der Waals surface area contributed by atoms with Gasteiger partial charge in [0.15, 0.2) is 0 Å². The lowest BCUT2D eigenvalue weighted by molar-refractivity contribution is 0.270. The van der Waals surface area contributed by atoms with E-state index in [0.717, 1.165) is 13.0 Å². The van der Waals surface area contributed by atoms with Gasteiger partial charge in [0.05, 0.1) is 0 Å². The average Bonchev–Trinajstić information content (AvgIpc) is 2.28. The molecule has 102 valence electrons. The molecule has 0 amide bonds. The second kappa shape index (κ2) is 6.24. The fourth-order valence-corrected chi connectivity index (χ4v) is 2.26. The van der Waals surface area contributed by atoms with E-state index in [1.807, 2.05) is 0 Å². The fraction of sp³-hybridized carbons (Fsp3) is 0.625. The van der Waals surface area contributed by atoms with Gasteiger partial charge < -0.3 is 10.2 Å². The topological polar surface area (TPSA) is 15.3 Å². The summed E-state index contributed by atoms with van der Waals surface area (Å²) in [5.41, 5.74) is 2.92. The van der Waals surface area contributed by atoms with Gasteiger partial charge in [-0.25, -0.2) is 0 Å². The highest BCUT2D eigenvalue weighted by molar-refractivity contribution is 5.46. The van der Waals surface area contributed by atoms with Crippen molar-refractivity contribution in [3.05, 3.63) is 29.8 Å². The van der Waals surface area contributed by atoms with Gasteiger partial charge in [0.2, 0.25) is 0 Å². The lowest BCUT2D eigenvalue weighted by Gasteiger charge is -2.32. The molecule has 0 saturated carbocycles. The maximum Gasteiger partial charge on any atom is 0.0363 e. The van der Waals surface area contributed by atoms with E-state index >= 15 is 0 Å². The Bertz CT molecular complexity index is 348. The molecule has 1 aromatic rings. The molecular formula is C16H28N2. The molecule has 0 aliphatic heterocycles. The molecule has 0 spiro atoms. The van der Waals surface area contributed by atoms with Crippen molar-refractivity contribution in [3.8, 4) is 0 Å². The summed E-state index contributed by atoms with van der Waals surface area (Å²) in [5, 5.41) is 3.43. The van der Waals surface area contributed by atoms with Crippen LogP contribution in [-0.2, 0) is 0 Å². The van der Waals surface area contributed by atoms with Gasteiger partial charge in [-0.2, -0.15) is 0 Å². The van der Waals surface area contributed by atoms with Crippen LogP contribution >= 0.6 is 0 Å². The van der Waals surface area contributed by atoms with Gasteiger partial charge in [-0.1, -0.05) is 38.5 Å². The number of anilines is 1. The molecular weight excluding hydrogens is 220 g/mol. The van der Waals surface area contributed by atoms with Crippen LogP contribution in [0.15, 0.2) is 24.3 Å². The number of benzene rings is 1. The largest absolute Gasteiger partial charge is 0.375 e. The molecule has 1 atom stereocenters. The van der Waals surface area contributed by atoms with Crippen LogP contribution in [0.2, 0.25) is 0 Å². The molecule has 1 rings (SSSR count). The summed E-state index contributed by atoms with van der Waals surface area (Å²) in [6.07, 6.45) is 1.16. The van der Waals surface area contributed by atoms with Gasteiger partial charge in [0.1, 0.15) is 0 Å². The highest BCUT2D eigenvalue weighted by Gasteiger charge is 2.22. The summed E-state index contributed by atoms with van der Waals surface area (Å²) in [6, 6.07) is 9.28. The quantitative estimate of drug-likeness (QED) is 0.858. The van der Waals surface area contributed by atoms with Crippen LogP contribution in [0.5, 0.6) is 0 Å². The van der Waals surface area contributed by atoms with E-state index in [4.69, 9.17) is 0 Å². The molecule has 0 radical (unpaired) electrons. The predicted octanol–water partition coefficient (Wildman–Crippen LogP) is 3.46. The Morgan fingerprint density at radius 1 is 1.17 bits per heavy atom. The third-order valence-corrected chi connectivity index (χ3v) is 3.62. The van der Waals surface area contributed by atoms with Crippen molar-refractivity contribution < 1.29 is 0 Å². The van der Waals surface area contributed by atoms with Crippen LogP contribution in [0.25, 0.3) is 0 Å². The Labute approximate surface area is 112 Å². The third-order valence-electron chi connectivity index (χ3n) is 3.62. The van der Waals surface area contributed by atoms with E-state index < -0.39 is 0 Å². The van der Waals surface area contributed by atoms with Crippen molar-refractivity contribution in [3.63, 3.8) is 0 Å². The van der Waals surface area contributed by atoms with Crippen LogP contribution in [0.4, 0.5) is 5.69 Å². The Balaban J connectivity index is 2.55. The lowest BCUT2D eigenvalue weighted by atomic mass is 9.85. The van der Waals surface area contributed by atoms with E-state index in [1.165, 1.54) is 11.3 Å². The summed E-state index contributed by atoms with van der Waals surface area (Å²) < 4.78 is 0. The monoisotopic (exact) mass is 248 g/mol. The minimum absolute atomic E-state index is 0.308. The van der Waals surface area contributed by atoms with Crippen molar-refractivity contribution in [2.24, 2.45) is 5.41 Å². The fourth-order valence-electron chi connectivity index (χ4n) is 2.26. The Morgan fingerprint density at radius 3 is 2.17 bits per heavy atom. The normalized spacial score (nSPS) is 13.4. The second-order valence-corrected chi connectivity index (χ2v) is 6.25. The Hall–Kier alpha value is -1.02. The van der Waals surface area contributed by atoms with Crippen molar-refractivity contribution in [1.29, 1.82) is 0 Å². The summed E-state index contributed by atoms with van der Waals surface area (Å²) in [7, 11) is 4.22. The average molecular weight is 248 g/mol. The smallest absolute Gasteiger partial charge is 0.0363 e. The Morgan fingerprint density at radius 2 is 1.72 bits per heavy atom. The third kappa shape index (κ3) is 4.34. The summed E-state index contributed by atoms with van der Waals surface area (Å²) in [6.45, 7) is 10.1. The highest BCUT2D eigenvalue weighted by Crippen LogP contribution is 2.22. The first-order chi connectivity index (χ1) is 8.34. The van der Waals surface area contributed by atoms with Crippen LogP contribution in [0.1, 0.15) is 32.8 Å². The highest BCUT2D eigenvalue weighted by atomic mass is 15.1. The molecule has 0 bridgehead atoms. The first-order valence-corrected chi connectivity index (χ1v) is 6.79. The first kappa shape index (κ1) is 15.0. The molecule has 1 aromatic carbocycles. The zero-order valence-electron chi connectivity index (χ0n) is 12.7. The predicted molar refractivity (Wildman–Crippen MR) is 81.4 cm³/mol. The van der Waals surface area contributed by atoms with E-state index in [1.54, 1.807) is 0 Å². The standard InChI is InChI=1S/C16H28N2/c1-13-7-9-14(10-8-13)18(6)12-11-15(17-5)16(2,3)4/h7-10,15,17H,11-12H2,1-6H3. The molecule has 0 aromatic heterocycles. The summed E-state index contributed by atoms with van der Waals surface area (Å²) in [5.74, 6) is 0.